The van der Waals surface area contributed by atoms with Crippen LogP contribution in [0.4, 0.5) is 0 Å². The van der Waals surface area contributed by atoms with Crippen molar-refractivity contribution in [3.05, 3.63) is 187 Å². The molecule has 3 heterocycles. The Kier molecular flexibility index (Phi) is 4.63. The Morgan fingerprint density at radius 1 is 0.544 bits per heavy atom. The summed E-state index contributed by atoms with van der Waals surface area (Å²) in [4.78, 5) is 5.10. The van der Waals surface area contributed by atoms with Crippen LogP contribution in [0.15, 0.2) is 176 Å². The minimum Gasteiger partial charge on any atom is -0.457 e. The highest BCUT2D eigenvalue weighted by Gasteiger charge is 2.58. The van der Waals surface area contributed by atoms with Crippen LogP contribution >= 0.6 is 0 Å². The van der Waals surface area contributed by atoms with E-state index in [4.69, 9.17) is 9.72 Å². The summed E-state index contributed by atoms with van der Waals surface area (Å²) in [5.41, 5.74) is -11.1. The lowest BCUT2D eigenvalue weighted by Gasteiger charge is -2.57. The van der Waals surface area contributed by atoms with Crippen LogP contribution in [0.5, 0.6) is 11.5 Å². The van der Waals surface area contributed by atoms with Gasteiger partial charge in [0.2, 0.25) is 5.78 Å². The Hall–Kier alpha value is -6.17. The Morgan fingerprint density at radius 3 is 1.81 bits per heavy atom. The van der Waals surface area contributed by atoms with E-state index < -0.39 is 88.1 Å². The Labute approximate surface area is 361 Å². The predicted octanol–water partition coefficient (Wildman–Crippen LogP) is 10.3. The van der Waals surface area contributed by atoms with Gasteiger partial charge in [-0.3, -0.25) is 8.97 Å². The van der Waals surface area contributed by atoms with E-state index >= 15 is 0 Å². The molecule has 9 aromatic rings. The van der Waals surface area contributed by atoms with E-state index in [2.05, 4.69) is 4.40 Å². The van der Waals surface area contributed by atoms with E-state index in [9.17, 15) is 24.7 Å². The molecule has 7 aromatic carbocycles. The molecule has 0 unspecified atom stereocenters. The fourth-order valence-corrected chi connectivity index (χ4v) is 14.2. The molecule has 57 heavy (non-hydrogen) atoms. The molecule has 4 nitrogen and oxygen atoms in total. The standard InChI is InChI=1S/C52H47N3OSi/c1-50(2,3)52(51(4,5)6)40-27-13-18-33-46(40)56-48-41(52)28-20-34-47(48)57(37-22-9-7-10-23-37,38-24-11-8-12-25-38)39-26-19-21-36(35-39)54-44-31-16-17-32-45(44)55-43-30-15-14-29-42(43)53-49(54)55/h7-35H,1-6H3/i1D3,2D3,3D3,4D3,5D3,6D3. The molecule has 0 saturated heterocycles. The summed E-state index contributed by atoms with van der Waals surface area (Å²) in [6, 6.07) is 50.0. The molecule has 1 aliphatic rings. The van der Waals surface area contributed by atoms with E-state index in [1.807, 2.05) is 102 Å². The van der Waals surface area contributed by atoms with Crippen molar-refractivity contribution in [2.24, 2.45) is 10.8 Å². The molecular formula is C52H47N3OSi. The number of fused-ring (bicyclic) bond motifs is 7. The summed E-state index contributed by atoms with van der Waals surface area (Å²) in [6.45, 7) is -26.4. The van der Waals surface area contributed by atoms with Crippen LogP contribution in [-0.4, -0.2) is 22.0 Å². The van der Waals surface area contributed by atoms with Crippen molar-refractivity contribution in [2.75, 3.05) is 0 Å². The van der Waals surface area contributed by atoms with Gasteiger partial charge in [0.1, 0.15) is 11.5 Å². The first-order chi connectivity index (χ1) is 35.1. The molecule has 280 valence electrons. The number of ether oxygens (including phenoxy) is 1. The van der Waals surface area contributed by atoms with Gasteiger partial charge in [0.25, 0.3) is 0 Å². The van der Waals surface area contributed by atoms with E-state index in [0.717, 1.165) is 34.2 Å². The maximum atomic E-state index is 9.33. The van der Waals surface area contributed by atoms with Gasteiger partial charge >= 0.3 is 0 Å². The van der Waals surface area contributed by atoms with Crippen LogP contribution in [0.25, 0.3) is 33.5 Å². The average Bonchev–Trinajstić information content (AvgIpc) is 3.85. The van der Waals surface area contributed by atoms with Gasteiger partial charge in [-0.15, -0.1) is 0 Å². The molecule has 1 aliphatic heterocycles. The van der Waals surface area contributed by atoms with Crippen molar-refractivity contribution >= 4 is 56.7 Å². The molecule has 0 fully saturated rings. The van der Waals surface area contributed by atoms with Gasteiger partial charge < -0.3 is 4.74 Å². The molecule has 5 heteroatoms. The first-order valence-electron chi connectivity index (χ1n) is 27.6. The van der Waals surface area contributed by atoms with Crippen molar-refractivity contribution < 1.29 is 29.4 Å². The highest BCUT2D eigenvalue weighted by atomic mass is 28.3. The molecule has 0 aliphatic carbocycles. The molecule has 0 radical (unpaired) electrons. The number of hydrogen-bond donors (Lipinski definition) is 0. The number of rotatable bonds is 5. The first kappa shape index (κ1) is 20.8. The third-order valence-corrected chi connectivity index (χ3v) is 16.3. The SMILES string of the molecule is [2H]C([2H])([2H])C(C([2H])([2H])[2H])(C([2H])([2H])[2H])C1(C(C([2H])([2H])[2H])(C([2H])([2H])[2H])C([2H])([2H])[2H])c2ccccc2Oc2c1cccc2[Si](c1ccccc1)(c1ccccc1)c1cccc(-n2c3ccccc3n3c4ccccc4nc23)c1. The van der Waals surface area contributed by atoms with Crippen LogP contribution in [0, 0.1) is 10.8 Å². The van der Waals surface area contributed by atoms with E-state index in [-0.39, 0.29) is 5.19 Å². The average molecular weight is 776 g/mol. The zero-order valence-corrected chi connectivity index (χ0v) is 31.5. The Morgan fingerprint density at radius 2 is 1.11 bits per heavy atom. The van der Waals surface area contributed by atoms with Crippen LogP contribution in [0.1, 0.15) is 76.9 Å². The lowest BCUT2D eigenvalue weighted by Crippen LogP contribution is -2.75. The summed E-state index contributed by atoms with van der Waals surface area (Å²) in [6.07, 6.45) is 0. The molecule has 10 rings (SSSR count). The predicted molar refractivity (Wildman–Crippen MR) is 239 cm³/mol. The van der Waals surface area contributed by atoms with Crippen LogP contribution in [-0.2, 0) is 5.41 Å². The molecule has 0 amide bonds. The molecule has 2 aromatic heterocycles. The van der Waals surface area contributed by atoms with E-state index in [1.54, 1.807) is 42.5 Å². The number of aromatic nitrogens is 3. The number of para-hydroxylation sites is 6. The Balaban J connectivity index is 1.47. The number of hydrogen-bond acceptors (Lipinski definition) is 2. The fraction of sp³-hybridized carbons (Fsp3) is 0.173. The van der Waals surface area contributed by atoms with E-state index in [1.165, 1.54) is 24.3 Å². The highest BCUT2D eigenvalue weighted by molar-refractivity contribution is 7.20. The van der Waals surface area contributed by atoms with Crippen LogP contribution < -0.4 is 25.5 Å². The van der Waals surface area contributed by atoms with Gasteiger partial charge in [0.15, 0.2) is 8.07 Å². The topological polar surface area (TPSA) is 31.5 Å². The van der Waals surface area contributed by atoms with Gasteiger partial charge in [-0.25, -0.2) is 4.98 Å². The zero-order chi connectivity index (χ0) is 54.2. The van der Waals surface area contributed by atoms with Crippen molar-refractivity contribution in [1.29, 1.82) is 0 Å². The number of nitrogens with zero attached hydrogens (tertiary/aromatic N) is 3. The van der Waals surface area contributed by atoms with Crippen molar-refractivity contribution in [2.45, 2.75) is 46.5 Å². The summed E-state index contributed by atoms with van der Waals surface area (Å²) < 4.78 is 179. The fourth-order valence-electron chi connectivity index (χ4n) is 9.27. The molecule has 0 bridgehead atoms. The maximum Gasteiger partial charge on any atom is 0.220 e. The summed E-state index contributed by atoms with van der Waals surface area (Å²) in [5.74, 6) is -0.473. The second kappa shape index (κ2) is 12.7. The zero-order valence-electron chi connectivity index (χ0n) is 48.5. The number of imidazole rings is 2. The quantitative estimate of drug-likeness (QED) is 0.129. The largest absolute Gasteiger partial charge is 0.457 e. The third kappa shape index (κ3) is 4.88. The van der Waals surface area contributed by atoms with Crippen molar-refractivity contribution in [3.63, 3.8) is 0 Å². The number of benzene rings is 7. The minimum absolute atomic E-state index is 0.147. The van der Waals surface area contributed by atoms with Crippen molar-refractivity contribution in [3.8, 4) is 17.2 Å². The summed E-state index contributed by atoms with van der Waals surface area (Å²) >= 11 is 0. The van der Waals surface area contributed by atoms with Gasteiger partial charge in [0, 0.05) is 46.9 Å². The lowest BCUT2D eigenvalue weighted by molar-refractivity contribution is 0.0803. The Bertz CT molecular complexity index is 3480. The van der Waals surface area contributed by atoms with Crippen LogP contribution in [0.2, 0.25) is 0 Å². The molecule has 0 spiro atoms. The van der Waals surface area contributed by atoms with Gasteiger partial charge in [-0.05, 0) is 74.0 Å². The minimum atomic E-state index is -4.55. The molecular weight excluding hydrogens is 711 g/mol. The molecule has 0 saturated carbocycles. The smallest absolute Gasteiger partial charge is 0.220 e. The van der Waals surface area contributed by atoms with Crippen molar-refractivity contribution in [1.82, 2.24) is 14.0 Å². The summed E-state index contributed by atoms with van der Waals surface area (Å²) in [5, 5.41) is 2.01. The second-order valence-electron chi connectivity index (χ2n) is 14.6. The first-order valence-corrected chi connectivity index (χ1v) is 20.6. The van der Waals surface area contributed by atoms with Gasteiger partial charge in [-0.2, -0.15) is 0 Å². The summed E-state index contributed by atoms with van der Waals surface area (Å²) in [7, 11) is -4.28. The maximum absolute atomic E-state index is 9.33. The molecule has 0 atom stereocenters. The monoisotopic (exact) mass is 775 g/mol. The lowest BCUT2D eigenvalue weighted by atomic mass is 9.48. The van der Waals surface area contributed by atoms with Gasteiger partial charge in [0.05, 0.1) is 22.1 Å². The van der Waals surface area contributed by atoms with E-state index in [0.29, 0.717) is 27.0 Å². The molecule has 0 N–H and O–H groups in total. The van der Waals surface area contributed by atoms with Gasteiger partial charge in [-0.1, -0.05) is 175 Å². The normalized spacial score (nSPS) is 20.1. The second-order valence-corrected chi connectivity index (χ2v) is 18.4. The highest BCUT2D eigenvalue weighted by Crippen LogP contribution is 2.63. The third-order valence-electron chi connectivity index (χ3n) is 11.5. The van der Waals surface area contributed by atoms with Crippen LogP contribution in [0.3, 0.4) is 0 Å².